The summed E-state index contributed by atoms with van der Waals surface area (Å²) < 4.78 is 9.20. The first-order valence-corrected chi connectivity index (χ1v) is 3.51. The molecule has 0 saturated heterocycles. The Bertz CT molecular complexity index is 167. The number of amides is 1. The molecule has 0 aliphatic carbocycles. The smallest absolute Gasteiger partial charge is 0.409 e. The van der Waals surface area contributed by atoms with Gasteiger partial charge in [0, 0.05) is 21.0 Å². The summed E-state index contributed by atoms with van der Waals surface area (Å²) in [7, 11) is 3.16. The molecule has 12 heavy (non-hydrogen) atoms. The third-order valence-electron chi connectivity index (χ3n) is 0.979. The first kappa shape index (κ1) is 10.7. The van der Waals surface area contributed by atoms with Crippen LogP contribution in [-0.4, -0.2) is 44.3 Å². The van der Waals surface area contributed by atoms with E-state index in [4.69, 9.17) is 0 Å². The number of carbonyl (C=O) groups is 2. The Balaban J connectivity index is 3.32. The Hall–Kier alpha value is -1.26. The van der Waals surface area contributed by atoms with Gasteiger partial charge in [-0.1, -0.05) is 0 Å². The second-order valence-electron chi connectivity index (χ2n) is 2.35. The second-order valence-corrected chi connectivity index (χ2v) is 2.35. The number of ether oxygens (including phenoxy) is 2. The quantitative estimate of drug-likeness (QED) is 0.455. The first-order valence-electron chi connectivity index (χ1n) is 3.51. The van der Waals surface area contributed by atoms with Crippen molar-refractivity contribution in [3.63, 3.8) is 0 Å². The molecule has 0 rings (SSSR count). The van der Waals surface area contributed by atoms with Gasteiger partial charge in [-0.15, -0.1) is 0 Å². The van der Waals surface area contributed by atoms with Crippen molar-refractivity contribution < 1.29 is 19.1 Å². The van der Waals surface area contributed by atoms with Crippen LogP contribution < -0.4 is 0 Å². The molecular weight excluding hydrogens is 162 g/mol. The van der Waals surface area contributed by atoms with Crippen LogP contribution in [0.5, 0.6) is 0 Å². The Morgan fingerprint density at radius 1 is 1.17 bits per heavy atom. The van der Waals surface area contributed by atoms with E-state index in [0.717, 1.165) is 0 Å². The lowest BCUT2D eigenvalue weighted by molar-refractivity contribution is -0.142. The zero-order chi connectivity index (χ0) is 9.56. The van der Waals surface area contributed by atoms with Crippen LogP contribution in [0.1, 0.15) is 6.92 Å². The van der Waals surface area contributed by atoms with Gasteiger partial charge in [-0.2, -0.15) is 0 Å². The molecule has 0 aromatic carbocycles. The van der Waals surface area contributed by atoms with E-state index in [1.54, 1.807) is 14.1 Å². The van der Waals surface area contributed by atoms with E-state index < -0.39 is 6.09 Å². The van der Waals surface area contributed by atoms with Crippen LogP contribution in [0.25, 0.3) is 0 Å². The molecule has 5 heteroatoms. The molecule has 0 aromatic heterocycles. The van der Waals surface area contributed by atoms with Crippen molar-refractivity contribution in [2.24, 2.45) is 0 Å². The average Bonchev–Trinajstić information content (AvgIpc) is 1.97. The highest BCUT2D eigenvalue weighted by atomic mass is 16.6. The van der Waals surface area contributed by atoms with E-state index in [1.165, 1.54) is 11.8 Å². The Kier molecular flexibility index (Phi) is 4.83. The van der Waals surface area contributed by atoms with Gasteiger partial charge in [0.05, 0.1) is 0 Å². The standard InChI is InChI=1S/C7H13NO4/c1-6(9)11-4-5-12-7(10)8(2)3/h4-5H2,1-3H3. The lowest BCUT2D eigenvalue weighted by Gasteiger charge is -2.10. The van der Waals surface area contributed by atoms with E-state index in [2.05, 4.69) is 9.47 Å². The minimum atomic E-state index is -0.442. The molecule has 0 aliphatic rings. The number of hydrogen-bond donors (Lipinski definition) is 0. The molecule has 0 radical (unpaired) electrons. The van der Waals surface area contributed by atoms with Gasteiger partial charge < -0.3 is 14.4 Å². The summed E-state index contributed by atoms with van der Waals surface area (Å²) in [4.78, 5) is 22.3. The number of carbonyl (C=O) groups excluding carboxylic acids is 2. The first-order chi connectivity index (χ1) is 5.54. The Labute approximate surface area is 71.2 Å². The molecule has 0 atom stereocenters. The summed E-state index contributed by atoms with van der Waals surface area (Å²) in [6.07, 6.45) is -0.442. The van der Waals surface area contributed by atoms with Crippen LogP contribution in [0.15, 0.2) is 0 Å². The molecule has 0 aliphatic heterocycles. The molecule has 0 unspecified atom stereocenters. The van der Waals surface area contributed by atoms with Crippen LogP contribution >= 0.6 is 0 Å². The highest BCUT2D eigenvalue weighted by Crippen LogP contribution is 1.86. The fourth-order valence-electron chi connectivity index (χ4n) is 0.443. The Morgan fingerprint density at radius 2 is 1.67 bits per heavy atom. The summed E-state index contributed by atoms with van der Waals surface area (Å²) in [5, 5.41) is 0. The summed E-state index contributed by atoms with van der Waals surface area (Å²) in [5.41, 5.74) is 0. The van der Waals surface area contributed by atoms with E-state index >= 15 is 0 Å². The molecule has 0 saturated carbocycles. The zero-order valence-electron chi connectivity index (χ0n) is 7.49. The molecule has 0 fully saturated rings. The lowest BCUT2D eigenvalue weighted by Crippen LogP contribution is -2.24. The highest BCUT2D eigenvalue weighted by molar-refractivity contribution is 5.67. The summed E-state index contributed by atoms with van der Waals surface area (Å²) in [6.45, 7) is 1.50. The maximum atomic E-state index is 10.8. The van der Waals surface area contributed by atoms with Crippen LogP contribution in [-0.2, 0) is 14.3 Å². The maximum Gasteiger partial charge on any atom is 0.409 e. The third kappa shape index (κ3) is 5.52. The van der Waals surface area contributed by atoms with Crippen molar-refractivity contribution in [1.29, 1.82) is 0 Å². The van der Waals surface area contributed by atoms with Crippen LogP contribution in [0, 0.1) is 0 Å². The molecule has 0 bridgehead atoms. The van der Waals surface area contributed by atoms with Gasteiger partial charge >= 0.3 is 12.1 Å². The summed E-state index contributed by atoms with van der Waals surface area (Å²) >= 11 is 0. The van der Waals surface area contributed by atoms with Gasteiger partial charge in [0.1, 0.15) is 13.2 Å². The predicted octanol–water partition coefficient (Wildman–Crippen LogP) is 0.248. The number of nitrogens with zero attached hydrogens (tertiary/aromatic N) is 1. The fourth-order valence-corrected chi connectivity index (χ4v) is 0.443. The minimum absolute atomic E-state index is 0.0938. The maximum absolute atomic E-state index is 10.8. The van der Waals surface area contributed by atoms with Crippen molar-refractivity contribution in [3.8, 4) is 0 Å². The van der Waals surface area contributed by atoms with E-state index in [1.807, 2.05) is 0 Å². The monoisotopic (exact) mass is 175 g/mol. The largest absolute Gasteiger partial charge is 0.462 e. The molecule has 0 N–H and O–H groups in total. The summed E-state index contributed by atoms with van der Waals surface area (Å²) in [5.74, 6) is -0.379. The molecule has 1 amide bonds. The topological polar surface area (TPSA) is 55.8 Å². The SMILES string of the molecule is CC(=O)OCCOC(=O)N(C)C. The van der Waals surface area contributed by atoms with Crippen molar-refractivity contribution >= 4 is 12.1 Å². The van der Waals surface area contributed by atoms with Gasteiger partial charge in [0.2, 0.25) is 0 Å². The highest BCUT2D eigenvalue weighted by Gasteiger charge is 2.03. The predicted molar refractivity (Wildman–Crippen MR) is 41.7 cm³/mol. The van der Waals surface area contributed by atoms with Crippen molar-refractivity contribution in [3.05, 3.63) is 0 Å². The number of rotatable bonds is 3. The summed E-state index contributed by atoms with van der Waals surface area (Å²) in [6, 6.07) is 0. The van der Waals surface area contributed by atoms with E-state index in [9.17, 15) is 9.59 Å². The molecule has 0 heterocycles. The van der Waals surface area contributed by atoms with E-state index in [-0.39, 0.29) is 19.2 Å². The number of esters is 1. The van der Waals surface area contributed by atoms with E-state index in [0.29, 0.717) is 0 Å². The fraction of sp³-hybridized carbons (Fsp3) is 0.714. The van der Waals surface area contributed by atoms with Crippen LogP contribution in [0.2, 0.25) is 0 Å². The van der Waals surface area contributed by atoms with Gasteiger partial charge in [0.25, 0.3) is 0 Å². The average molecular weight is 175 g/mol. The van der Waals surface area contributed by atoms with Crippen LogP contribution in [0.3, 0.4) is 0 Å². The van der Waals surface area contributed by atoms with Gasteiger partial charge in [-0.25, -0.2) is 4.79 Å². The second kappa shape index (κ2) is 5.40. The minimum Gasteiger partial charge on any atom is -0.462 e. The van der Waals surface area contributed by atoms with Crippen molar-refractivity contribution in [1.82, 2.24) is 4.90 Å². The normalized spacial score (nSPS) is 8.92. The van der Waals surface area contributed by atoms with Gasteiger partial charge in [-0.3, -0.25) is 4.79 Å². The van der Waals surface area contributed by atoms with Gasteiger partial charge in [0.15, 0.2) is 0 Å². The Morgan fingerprint density at radius 3 is 2.08 bits per heavy atom. The molecule has 70 valence electrons. The molecule has 5 nitrogen and oxygen atoms in total. The molecular formula is C7H13NO4. The zero-order valence-corrected chi connectivity index (χ0v) is 7.49. The van der Waals surface area contributed by atoms with Crippen molar-refractivity contribution in [2.75, 3.05) is 27.3 Å². The lowest BCUT2D eigenvalue weighted by atomic mass is 10.7. The molecule has 0 spiro atoms. The van der Waals surface area contributed by atoms with Crippen molar-refractivity contribution in [2.45, 2.75) is 6.92 Å². The number of hydrogen-bond acceptors (Lipinski definition) is 4. The molecule has 0 aromatic rings. The third-order valence-corrected chi connectivity index (χ3v) is 0.979. The van der Waals surface area contributed by atoms with Crippen LogP contribution in [0.4, 0.5) is 4.79 Å². The van der Waals surface area contributed by atoms with Gasteiger partial charge in [-0.05, 0) is 0 Å².